The van der Waals surface area contributed by atoms with Crippen LogP contribution in [0.5, 0.6) is 5.75 Å². The average Bonchev–Trinajstić information content (AvgIpc) is 3.28. The molecule has 4 aromatic rings. The highest BCUT2D eigenvalue weighted by atomic mass is 16.5. The monoisotopic (exact) mass is 477 g/mol. The van der Waals surface area contributed by atoms with Gasteiger partial charge in [0.1, 0.15) is 12.4 Å². The minimum Gasteiger partial charge on any atom is -0.496 e. The van der Waals surface area contributed by atoms with E-state index in [0.29, 0.717) is 22.4 Å². The Morgan fingerprint density at radius 1 is 1.00 bits per heavy atom. The van der Waals surface area contributed by atoms with Crippen molar-refractivity contribution in [2.45, 2.75) is 33.3 Å². The number of ether oxygens (including phenoxy) is 2. The molecule has 0 aliphatic heterocycles. The van der Waals surface area contributed by atoms with Crippen LogP contribution in [0.25, 0.3) is 22.6 Å². The zero-order valence-electron chi connectivity index (χ0n) is 20.6. The Morgan fingerprint density at radius 2 is 1.78 bits per heavy atom. The highest BCUT2D eigenvalue weighted by molar-refractivity contribution is 6.07. The van der Waals surface area contributed by atoms with Crippen LogP contribution in [0, 0.1) is 6.92 Å². The van der Waals surface area contributed by atoms with Crippen molar-refractivity contribution in [1.29, 1.82) is 0 Å². The quantitative estimate of drug-likeness (QED) is 0.231. The number of hydrogen-bond acceptors (Lipinski definition) is 5. The summed E-state index contributed by atoms with van der Waals surface area (Å²) in [6.07, 6.45) is 3.68. The van der Waals surface area contributed by atoms with Gasteiger partial charge in [0.05, 0.1) is 23.9 Å². The number of para-hydroxylation sites is 1. The van der Waals surface area contributed by atoms with Crippen LogP contribution in [-0.4, -0.2) is 23.8 Å². The zero-order valence-corrected chi connectivity index (χ0v) is 20.6. The van der Waals surface area contributed by atoms with Gasteiger partial charge in [-0.3, -0.25) is 4.79 Å². The Hall–Kier alpha value is -4.25. The van der Waals surface area contributed by atoms with E-state index in [9.17, 15) is 9.59 Å². The summed E-state index contributed by atoms with van der Waals surface area (Å²) in [6, 6.07) is 21.2. The van der Waals surface area contributed by atoms with Gasteiger partial charge in [-0.1, -0.05) is 48.0 Å². The Morgan fingerprint density at radius 3 is 2.53 bits per heavy atom. The second kappa shape index (κ2) is 9.78. The van der Waals surface area contributed by atoms with Crippen LogP contribution in [-0.2, 0) is 17.8 Å². The number of benzene rings is 3. The van der Waals surface area contributed by atoms with Gasteiger partial charge in [0.15, 0.2) is 5.78 Å². The second-order valence-electron chi connectivity index (χ2n) is 9.07. The predicted octanol–water partition coefficient (Wildman–Crippen LogP) is 6.60. The summed E-state index contributed by atoms with van der Waals surface area (Å²) in [4.78, 5) is 30.3. The molecule has 1 heterocycles. The van der Waals surface area contributed by atoms with Gasteiger partial charge in [0.2, 0.25) is 0 Å². The molecular weight excluding hydrogens is 450 g/mol. The smallest absolute Gasteiger partial charge is 0.339 e. The Kier molecular flexibility index (Phi) is 6.38. The van der Waals surface area contributed by atoms with Crippen LogP contribution < -0.4 is 4.74 Å². The maximum atomic E-state index is 13.5. The van der Waals surface area contributed by atoms with Gasteiger partial charge in [-0.2, -0.15) is 0 Å². The highest BCUT2D eigenvalue weighted by Gasteiger charge is 2.28. The lowest BCUT2D eigenvalue weighted by molar-refractivity contribution is 0.0471. The van der Waals surface area contributed by atoms with Gasteiger partial charge >= 0.3 is 5.97 Å². The van der Waals surface area contributed by atoms with Gasteiger partial charge in [0.25, 0.3) is 0 Å². The van der Waals surface area contributed by atoms with Crippen LogP contribution >= 0.6 is 0 Å². The molecule has 0 atom stereocenters. The van der Waals surface area contributed by atoms with E-state index in [-0.39, 0.29) is 12.4 Å². The molecular formula is C31H27NO4. The SMILES string of the molecule is COc1ccc(C(C)=O)cc1COC(=O)c1c2c(nc3ccccc13)C(=Cc1ccc(C)cc1)CC2. The van der Waals surface area contributed by atoms with Gasteiger partial charge in [-0.05, 0) is 73.7 Å². The first-order valence-electron chi connectivity index (χ1n) is 12.0. The number of aryl methyl sites for hydroxylation is 1. The number of nitrogens with zero attached hydrogens (tertiary/aromatic N) is 1. The average molecular weight is 478 g/mol. The lowest BCUT2D eigenvalue weighted by atomic mass is 10.0. The van der Waals surface area contributed by atoms with E-state index in [1.807, 2.05) is 24.3 Å². The molecule has 1 aromatic heterocycles. The van der Waals surface area contributed by atoms with Crippen LogP contribution in [0.4, 0.5) is 0 Å². The van der Waals surface area contributed by atoms with Crippen LogP contribution in [0.2, 0.25) is 0 Å². The molecule has 0 fully saturated rings. The largest absolute Gasteiger partial charge is 0.496 e. The normalized spacial score (nSPS) is 13.6. The topological polar surface area (TPSA) is 65.5 Å². The number of carbonyl (C=O) groups excluding carboxylic acids is 2. The lowest BCUT2D eigenvalue weighted by Crippen LogP contribution is -2.11. The number of allylic oxidation sites excluding steroid dienone is 1. The minimum atomic E-state index is -0.406. The van der Waals surface area contributed by atoms with Gasteiger partial charge < -0.3 is 9.47 Å². The molecule has 0 saturated carbocycles. The molecule has 5 rings (SSSR count). The third-order valence-corrected chi connectivity index (χ3v) is 6.61. The predicted molar refractivity (Wildman–Crippen MR) is 141 cm³/mol. The van der Waals surface area contributed by atoms with Gasteiger partial charge in [0, 0.05) is 16.5 Å². The third-order valence-electron chi connectivity index (χ3n) is 6.61. The summed E-state index contributed by atoms with van der Waals surface area (Å²) in [7, 11) is 1.55. The number of rotatable bonds is 6. The molecule has 36 heavy (non-hydrogen) atoms. The standard InChI is InChI=1S/C31H27NO4/c1-19-8-10-21(11-9-19)16-23-12-14-26-29(25-6-4-5-7-27(25)32-30(23)26)31(34)36-18-24-17-22(20(2)33)13-15-28(24)35-3/h4-11,13,15-17H,12,14,18H2,1-3H3. The summed E-state index contributed by atoms with van der Waals surface area (Å²) in [5, 5.41) is 0.780. The first-order valence-corrected chi connectivity index (χ1v) is 12.0. The number of fused-ring (bicyclic) bond motifs is 2. The fraction of sp³-hybridized carbons (Fsp3) is 0.194. The third kappa shape index (κ3) is 4.52. The highest BCUT2D eigenvalue weighted by Crippen LogP contribution is 2.38. The van der Waals surface area contributed by atoms with Crippen molar-refractivity contribution in [2.24, 2.45) is 0 Å². The maximum Gasteiger partial charge on any atom is 0.339 e. The fourth-order valence-corrected chi connectivity index (χ4v) is 4.70. The summed E-state index contributed by atoms with van der Waals surface area (Å²) in [5.74, 6) is 0.105. The Labute approximate surface area is 210 Å². The lowest BCUT2D eigenvalue weighted by Gasteiger charge is -2.14. The second-order valence-corrected chi connectivity index (χ2v) is 9.07. The minimum absolute atomic E-state index is 0.000608. The molecule has 5 nitrogen and oxygen atoms in total. The maximum absolute atomic E-state index is 13.5. The number of esters is 1. The summed E-state index contributed by atoms with van der Waals surface area (Å²) in [5.41, 5.74) is 7.73. The molecule has 0 bridgehead atoms. The van der Waals surface area contributed by atoms with E-state index in [1.54, 1.807) is 25.3 Å². The zero-order chi connectivity index (χ0) is 25.2. The molecule has 180 valence electrons. The molecule has 0 amide bonds. The van der Waals surface area contributed by atoms with Crippen molar-refractivity contribution in [2.75, 3.05) is 7.11 Å². The first-order chi connectivity index (χ1) is 17.4. The molecule has 5 heteroatoms. The van der Waals surface area contributed by atoms with Crippen LogP contribution in [0.3, 0.4) is 0 Å². The van der Waals surface area contributed by atoms with Crippen molar-refractivity contribution >= 4 is 34.3 Å². The summed E-state index contributed by atoms with van der Waals surface area (Å²) >= 11 is 0. The number of Topliss-reactive ketones (excluding diaryl/α,β-unsaturated/α-hetero) is 1. The van der Waals surface area contributed by atoms with Crippen molar-refractivity contribution in [3.8, 4) is 5.75 Å². The van der Waals surface area contributed by atoms with E-state index >= 15 is 0 Å². The number of ketones is 1. The molecule has 0 radical (unpaired) electrons. The van der Waals surface area contributed by atoms with E-state index in [2.05, 4.69) is 37.3 Å². The summed E-state index contributed by atoms with van der Waals surface area (Å²) < 4.78 is 11.2. The van der Waals surface area contributed by atoms with E-state index in [0.717, 1.165) is 46.1 Å². The summed E-state index contributed by atoms with van der Waals surface area (Å²) in [6.45, 7) is 3.58. The molecule has 3 aromatic carbocycles. The Bertz CT molecular complexity index is 1520. The van der Waals surface area contributed by atoms with Gasteiger partial charge in [-0.15, -0.1) is 0 Å². The molecule has 0 spiro atoms. The van der Waals surface area contributed by atoms with Crippen LogP contribution in [0.1, 0.15) is 62.0 Å². The molecule has 1 aliphatic carbocycles. The van der Waals surface area contributed by atoms with Crippen molar-refractivity contribution < 1.29 is 19.1 Å². The van der Waals surface area contributed by atoms with E-state index < -0.39 is 5.97 Å². The first kappa shape index (κ1) is 23.5. The Balaban J connectivity index is 1.52. The van der Waals surface area contributed by atoms with Crippen molar-refractivity contribution in [3.63, 3.8) is 0 Å². The molecule has 0 N–H and O–H groups in total. The number of pyridine rings is 1. The fourth-order valence-electron chi connectivity index (χ4n) is 4.70. The molecule has 0 saturated heterocycles. The number of hydrogen-bond donors (Lipinski definition) is 0. The molecule has 0 unspecified atom stereocenters. The van der Waals surface area contributed by atoms with Crippen LogP contribution in [0.15, 0.2) is 66.7 Å². The number of carbonyl (C=O) groups is 2. The van der Waals surface area contributed by atoms with E-state index in [1.165, 1.54) is 12.5 Å². The van der Waals surface area contributed by atoms with Crippen molar-refractivity contribution in [1.82, 2.24) is 4.98 Å². The molecule has 1 aliphatic rings. The van der Waals surface area contributed by atoms with E-state index in [4.69, 9.17) is 14.5 Å². The van der Waals surface area contributed by atoms with Crippen molar-refractivity contribution in [3.05, 3.63) is 106 Å². The van der Waals surface area contributed by atoms with Gasteiger partial charge in [-0.25, -0.2) is 9.78 Å². The number of aromatic nitrogens is 1. The number of methoxy groups -OCH3 is 1.